The minimum atomic E-state index is -4.65. The number of hydrogen-bond donors (Lipinski definition) is 1. The largest absolute Gasteiger partial charge is 0.452 e. The van der Waals surface area contributed by atoms with Crippen molar-refractivity contribution in [1.29, 1.82) is 0 Å². The van der Waals surface area contributed by atoms with Gasteiger partial charge in [-0.25, -0.2) is 9.78 Å². The molecule has 1 fully saturated rings. The van der Waals surface area contributed by atoms with E-state index in [1.807, 2.05) is 4.90 Å². The number of nitro groups is 1. The van der Waals surface area contributed by atoms with Gasteiger partial charge in [0, 0.05) is 25.4 Å². The molecule has 0 saturated carbocycles. The number of pyridine rings is 1. The lowest BCUT2D eigenvalue weighted by Crippen LogP contribution is -2.25. The maximum Gasteiger partial charge on any atom is 0.417 e. The highest BCUT2D eigenvalue weighted by Gasteiger charge is 2.31. The monoisotopic (exact) mass is 500 g/mol. The lowest BCUT2D eigenvalue weighted by atomic mass is 10.1. The number of amides is 1. The number of aromatic nitrogens is 1. The number of nitrogens with one attached hydrogen (secondary N) is 1. The van der Waals surface area contributed by atoms with Crippen molar-refractivity contribution in [2.75, 3.05) is 29.9 Å². The maximum atomic E-state index is 12.7. The zero-order chi connectivity index (χ0) is 24.9. The average Bonchev–Trinajstić information content (AvgIpc) is 3.07. The lowest BCUT2D eigenvalue weighted by Gasteiger charge is -2.22. The number of carbonyl (C=O) groups is 2. The zero-order valence-electron chi connectivity index (χ0n) is 17.7. The molecule has 9 nitrogen and oxygen atoms in total. The number of anilines is 2. The van der Waals surface area contributed by atoms with Crippen LogP contribution in [0, 0.1) is 10.1 Å². The molecular formula is C21H20ClF3N4O5. The molecular weight excluding hydrogens is 481 g/mol. The molecule has 3 rings (SSSR count). The number of rotatable bonds is 6. The van der Waals surface area contributed by atoms with Gasteiger partial charge in [0.05, 0.1) is 21.1 Å². The highest BCUT2D eigenvalue weighted by Crippen LogP contribution is 2.33. The van der Waals surface area contributed by atoms with E-state index in [0.29, 0.717) is 31.0 Å². The Morgan fingerprint density at radius 3 is 2.44 bits per heavy atom. The molecule has 1 N–H and O–H groups in total. The van der Waals surface area contributed by atoms with E-state index in [2.05, 4.69) is 10.3 Å². The minimum Gasteiger partial charge on any atom is -0.452 e. The molecule has 1 aromatic carbocycles. The standard InChI is InChI=1S/C21H20ClF3N4O5/c22-15-10-14(21(23,24)25)11-26-19(15)27-18(30)12-34-20(31)13-5-6-16(17(9-13)29(32)33)28-7-3-1-2-4-8-28/h5-6,9-11H,1-4,7-8,12H2,(H,26,27,30). The molecule has 1 amide bonds. The second kappa shape index (κ2) is 10.7. The number of benzene rings is 1. The first-order valence-electron chi connectivity index (χ1n) is 10.3. The van der Waals surface area contributed by atoms with Crippen LogP contribution in [0.25, 0.3) is 0 Å². The number of halogens is 4. The summed E-state index contributed by atoms with van der Waals surface area (Å²) >= 11 is 5.72. The molecule has 1 aliphatic rings. The Bertz CT molecular complexity index is 1090. The summed E-state index contributed by atoms with van der Waals surface area (Å²) in [6, 6.07) is 4.55. The van der Waals surface area contributed by atoms with E-state index in [9.17, 15) is 32.9 Å². The second-order valence-corrected chi connectivity index (χ2v) is 7.95. The molecule has 0 aliphatic carbocycles. The summed E-state index contributed by atoms with van der Waals surface area (Å²) in [5, 5.41) is 13.3. The molecule has 1 saturated heterocycles. The number of esters is 1. The fraction of sp³-hybridized carbons (Fsp3) is 0.381. The number of carbonyl (C=O) groups excluding carboxylic acids is 2. The molecule has 182 valence electrons. The smallest absolute Gasteiger partial charge is 0.417 e. The van der Waals surface area contributed by atoms with E-state index in [1.165, 1.54) is 12.1 Å². The summed E-state index contributed by atoms with van der Waals surface area (Å²) in [5.74, 6) is -2.22. The van der Waals surface area contributed by atoms with Crippen LogP contribution >= 0.6 is 11.6 Å². The van der Waals surface area contributed by atoms with Crippen LogP contribution in [0.15, 0.2) is 30.5 Å². The van der Waals surface area contributed by atoms with Crippen LogP contribution in [0.1, 0.15) is 41.6 Å². The summed E-state index contributed by atoms with van der Waals surface area (Å²) in [5.41, 5.74) is -1.05. The minimum absolute atomic E-state index is 0.122. The molecule has 13 heteroatoms. The highest BCUT2D eigenvalue weighted by atomic mass is 35.5. The number of hydrogen-bond acceptors (Lipinski definition) is 7. The highest BCUT2D eigenvalue weighted by molar-refractivity contribution is 6.33. The van der Waals surface area contributed by atoms with Gasteiger partial charge in [0.2, 0.25) is 0 Å². The Kier molecular flexibility index (Phi) is 7.92. The normalized spacial score (nSPS) is 14.3. The van der Waals surface area contributed by atoms with Crippen molar-refractivity contribution in [3.63, 3.8) is 0 Å². The second-order valence-electron chi connectivity index (χ2n) is 7.54. The Morgan fingerprint density at radius 2 is 1.85 bits per heavy atom. The summed E-state index contributed by atoms with van der Waals surface area (Å²) < 4.78 is 42.9. The summed E-state index contributed by atoms with van der Waals surface area (Å²) in [4.78, 5) is 40.7. The maximum absolute atomic E-state index is 12.7. The molecule has 1 aromatic heterocycles. The van der Waals surface area contributed by atoms with Gasteiger partial charge in [0.1, 0.15) is 5.69 Å². The van der Waals surface area contributed by atoms with Gasteiger partial charge in [-0.2, -0.15) is 13.2 Å². The van der Waals surface area contributed by atoms with Gasteiger partial charge < -0.3 is 15.0 Å². The van der Waals surface area contributed by atoms with Crippen molar-refractivity contribution >= 4 is 40.7 Å². The van der Waals surface area contributed by atoms with Crippen LogP contribution in [0.3, 0.4) is 0 Å². The molecule has 2 aromatic rings. The van der Waals surface area contributed by atoms with Gasteiger partial charge in [-0.3, -0.25) is 14.9 Å². The SMILES string of the molecule is O=C(COC(=O)c1ccc(N2CCCCCC2)c([N+](=O)[O-])c1)Nc1ncc(C(F)(F)F)cc1Cl. The molecule has 0 unspecified atom stereocenters. The zero-order valence-corrected chi connectivity index (χ0v) is 18.5. The van der Waals surface area contributed by atoms with Crippen molar-refractivity contribution < 1.29 is 32.4 Å². The van der Waals surface area contributed by atoms with Crippen molar-refractivity contribution in [2.24, 2.45) is 0 Å². The molecule has 0 spiro atoms. The lowest BCUT2D eigenvalue weighted by molar-refractivity contribution is -0.384. The summed E-state index contributed by atoms with van der Waals surface area (Å²) in [6.07, 6.45) is -0.242. The van der Waals surface area contributed by atoms with Crippen LogP contribution in [0.2, 0.25) is 5.02 Å². The van der Waals surface area contributed by atoms with Crippen molar-refractivity contribution in [3.05, 3.63) is 56.7 Å². The third-order valence-corrected chi connectivity index (χ3v) is 5.40. The Labute approximate surface area is 197 Å². The molecule has 1 aliphatic heterocycles. The molecule has 0 bridgehead atoms. The van der Waals surface area contributed by atoms with Crippen molar-refractivity contribution in [3.8, 4) is 0 Å². The van der Waals surface area contributed by atoms with E-state index >= 15 is 0 Å². The number of alkyl halides is 3. The first-order valence-corrected chi connectivity index (χ1v) is 10.7. The van der Waals surface area contributed by atoms with Crippen molar-refractivity contribution in [1.82, 2.24) is 4.98 Å². The fourth-order valence-corrected chi connectivity index (χ4v) is 3.66. The molecule has 0 atom stereocenters. The van der Waals surface area contributed by atoms with Crippen molar-refractivity contribution in [2.45, 2.75) is 31.9 Å². The van der Waals surface area contributed by atoms with E-state index < -0.39 is 40.2 Å². The Balaban J connectivity index is 1.64. The van der Waals surface area contributed by atoms with Gasteiger partial charge >= 0.3 is 12.1 Å². The van der Waals surface area contributed by atoms with Gasteiger partial charge in [-0.1, -0.05) is 24.4 Å². The molecule has 2 heterocycles. The fourth-order valence-electron chi connectivity index (χ4n) is 3.44. The van der Waals surface area contributed by atoms with E-state index in [0.717, 1.165) is 31.7 Å². The van der Waals surface area contributed by atoms with E-state index in [-0.39, 0.29) is 17.1 Å². The molecule has 34 heavy (non-hydrogen) atoms. The van der Waals surface area contributed by atoms with Crippen LogP contribution in [0.4, 0.5) is 30.4 Å². The Morgan fingerprint density at radius 1 is 1.18 bits per heavy atom. The van der Waals surface area contributed by atoms with Crippen LogP contribution in [0.5, 0.6) is 0 Å². The van der Waals surface area contributed by atoms with Crippen LogP contribution in [-0.2, 0) is 15.7 Å². The van der Waals surface area contributed by atoms with Gasteiger partial charge in [-0.15, -0.1) is 0 Å². The average molecular weight is 501 g/mol. The predicted octanol–water partition coefficient (Wildman–Crippen LogP) is 4.84. The number of ether oxygens (including phenoxy) is 1. The quantitative estimate of drug-likeness (QED) is 0.343. The topological polar surface area (TPSA) is 115 Å². The van der Waals surface area contributed by atoms with Gasteiger partial charge in [0.15, 0.2) is 12.4 Å². The first-order chi connectivity index (χ1) is 16.1. The summed E-state index contributed by atoms with van der Waals surface area (Å²) in [7, 11) is 0. The van der Waals surface area contributed by atoms with E-state index in [4.69, 9.17) is 16.3 Å². The van der Waals surface area contributed by atoms with Gasteiger partial charge in [-0.05, 0) is 31.0 Å². The predicted molar refractivity (Wildman–Crippen MR) is 117 cm³/mol. The number of nitro benzene ring substituents is 1. The van der Waals surface area contributed by atoms with E-state index in [1.54, 1.807) is 0 Å². The third-order valence-electron chi connectivity index (χ3n) is 5.12. The number of nitrogens with zero attached hydrogens (tertiary/aromatic N) is 3. The Hall–Kier alpha value is -3.41. The summed E-state index contributed by atoms with van der Waals surface area (Å²) in [6.45, 7) is 0.538. The van der Waals surface area contributed by atoms with Crippen LogP contribution in [-0.4, -0.2) is 41.5 Å². The van der Waals surface area contributed by atoms with Gasteiger partial charge in [0.25, 0.3) is 11.6 Å². The molecule has 0 radical (unpaired) electrons. The first kappa shape index (κ1) is 25.2. The van der Waals surface area contributed by atoms with Crippen LogP contribution < -0.4 is 10.2 Å². The third kappa shape index (κ3) is 6.34.